The van der Waals surface area contributed by atoms with Crippen LogP contribution in [0, 0.1) is 17.7 Å². The Morgan fingerprint density at radius 2 is 1.97 bits per heavy atom. The molecule has 8 nitrogen and oxygen atoms in total. The van der Waals surface area contributed by atoms with E-state index in [1.54, 1.807) is 12.1 Å². The van der Waals surface area contributed by atoms with Crippen LogP contribution in [-0.4, -0.2) is 70.0 Å². The van der Waals surface area contributed by atoms with Crippen LogP contribution in [0.3, 0.4) is 0 Å². The summed E-state index contributed by atoms with van der Waals surface area (Å²) in [7, 11) is 3.20. The lowest BCUT2D eigenvalue weighted by Crippen LogP contribution is -2.52. The van der Waals surface area contributed by atoms with Gasteiger partial charge in [-0.1, -0.05) is 55.8 Å². The number of alkyl carbamates (subject to hydrolysis) is 1. The number of nitrogens with one attached hydrogen (secondary N) is 3. The predicted octanol–water partition coefficient (Wildman–Crippen LogP) is 4.87. The van der Waals surface area contributed by atoms with Crippen molar-refractivity contribution in [3.8, 4) is 0 Å². The van der Waals surface area contributed by atoms with Crippen LogP contribution in [-0.2, 0) is 9.47 Å². The van der Waals surface area contributed by atoms with Gasteiger partial charge in [-0.3, -0.25) is 0 Å². The molecule has 1 aromatic rings. The summed E-state index contributed by atoms with van der Waals surface area (Å²) in [5.41, 5.74) is 0.364. The summed E-state index contributed by atoms with van der Waals surface area (Å²) in [5.74, 6) is 0.0219. The number of benzene rings is 1. The van der Waals surface area contributed by atoms with Gasteiger partial charge >= 0.3 is 12.1 Å². The molecule has 1 aromatic carbocycles. The summed E-state index contributed by atoms with van der Waals surface area (Å²) in [6.45, 7) is 2.20. The Labute approximate surface area is 225 Å². The Kier molecular flexibility index (Phi) is 12.2. The maximum Gasteiger partial charge on any atom is 0.406 e. The van der Waals surface area contributed by atoms with E-state index in [0.29, 0.717) is 24.6 Å². The number of urea groups is 1. The third kappa shape index (κ3) is 9.00. The number of ether oxygens (including phenoxy) is 2. The van der Waals surface area contributed by atoms with Crippen LogP contribution >= 0.6 is 11.6 Å². The SMILES string of the molecule is CNC[C@H](CC1CCCCC1)NC(=O)N1CCC[C@@H]([C@@H](OCCNC(=O)OC)c2cccc(Cl)c2F)C1. The lowest BCUT2D eigenvalue weighted by Gasteiger charge is -2.38. The largest absolute Gasteiger partial charge is 0.453 e. The Hall–Kier alpha value is -2.10. The molecule has 0 aromatic heterocycles. The molecule has 3 N–H and O–H groups in total. The van der Waals surface area contributed by atoms with E-state index in [1.165, 1.54) is 45.3 Å². The highest BCUT2D eigenvalue weighted by atomic mass is 35.5. The van der Waals surface area contributed by atoms with E-state index in [0.717, 1.165) is 25.8 Å². The van der Waals surface area contributed by atoms with Gasteiger partial charge in [0.15, 0.2) is 0 Å². The maximum atomic E-state index is 15.0. The number of rotatable bonds is 11. The van der Waals surface area contributed by atoms with Crippen molar-refractivity contribution in [3.05, 3.63) is 34.6 Å². The fourth-order valence-electron chi connectivity index (χ4n) is 5.60. The molecule has 0 spiro atoms. The minimum atomic E-state index is -0.607. The molecule has 1 saturated carbocycles. The number of nitrogens with zero attached hydrogens (tertiary/aromatic N) is 1. The van der Waals surface area contributed by atoms with Crippen molar-refractivity contribution in [1.29, 1.82) is 0 Å². The number of likely N-dealkylation sites (tertiary alicyclic amines) is 1. The van der Waals surface area contributed by atoms with Crippen molar-refractivity contribution < 1.29 is 23.5 Å². The molecule has 0 bridgehead atoms. The van der Waals surface area contributed by atoms with Crippen LogP contribution in [0.25, 0.3) is 0 Å². The second kappa shape index (κ2) is 15.3. The second-order valence-corrected chi connectivity index (χ2v) is 10.6. The molecule has 37 heavy (non-hydrogen) atoms. The molecule has 1 saturated heterocycles. The van der Waals surface area contributed by atoms with Crippen molar-refractivity contribution in [2.45, 2.75) is 63.5 Å². The number of carbonyl (C=O) groups excluding carboxylic acids is 2. The van der Waals surface area contributed by atoms with Gasteiger partial charge in [0.05, 0.1) is 24.8 Å². The van der Waals surface area contributed by atoms with Gasteiger partial charge in [0.25, 0.3) is 0 Å². The average Bonchev–Trinajstić information content (AvgIpc) is 2.91. The highest BCUT2D eigenvalue weighted by molar-refractivity contribution is 6.30. The smallest absolute Gasteiger partial charge is 0.406 e. The van der Waals surface area contributed by atoms with Crippen LogP contribution in [0.15, 0.2) is 18.2 Å². The number of hydrogen-bond donors (Lipinski definition) is 3. The third-order valence-electron chi connectivity index (χ3n) is 7.44. The van der Waals surface area contributed by atoms with Gasteiger partial charge in [0.2, 0.25) is 0 Å². The first-order chi connectivity index (χ1) is 17.9. The molecule has 0 radical (unpaired) electrons. The van der Waals surface area contributed by atoms with E-state index in [-0.39, 0.29) is 36.2 Å². The molecular weight excluding hydrogens is 499 g/mol. The van der Waals surface area contributed by atoms with Crippen LogP contribution in [0.1, 0.15) is 63.0 Å². The first-order valence-corrected chi connectivity index (χ1v) is 13.9. The topological polar surface area (TPSA) is 91.9 Å². The van der Waals surface area contributed by atoms with Gasteiger partial charge in [0.1, 0.15) is 5.82 Å². The summed E-state index contributed by atoms with van der Waals surface area (Å²) in [4.78, 5) is 26.5. The van der Waals surface area contributed by atoms with Crippen molar-refractivity contribution >= 4 is 23.7 Å². The Morgan fingerprint density at radius 3 is 2.70 bits per heavy atom. The van der Waals surface area contributed by atoms with E-state index < -0.39 is 18.0 Å². The van der Waals surface area contributed by atoms with E-state index in [2.05, 4.69) is 20.7 Å². The van der Waals surface area contributed by atoms with Crippen LogP contribution < -0.4 is 16.0 Å². The zero-order valence-corrected chi connectivity index (χ0v) is 22.8. The fourth-order valence-corrected chi connectivity index (χ4v) is 5.79. The fraction of sp³-hybridized carbons (Fsp3) is 0.704. The number of halogens is 2. The normalized spacial score (nSPS) is 20.2. The average molecular weight is 541 g/mol. The second-order valence-electron chi connectivity index (χ2n) is 10.1. The van der Waals surface area contributed by atoms with Crippen molar-refractivity contribution in [2.75, 3.05) is 46.9 Å². The molecule has 10 heteroatoms. The highest BCUT2D eigenvalue weighted by Crippen LogP contribution is 2.36. The van der Waals surface area contributed by atoms with Gasteiger partial charge in [-0.05, 0) is 38.3 Å². The monoisotopic (exact) mass is 540 g/mol. The first-order valence-electron chi connectivity index (χ1n) is 13.5. The van der Waals surface area contributed by atoms with Crippen molar-refractivity contribution in [2.24, 2.45) is 11.8 Å². The number of hydrogen-bond acceptors (Lipinski definition) is 5. The maximum absolute atomic E-state index is 15.0. The Bertz CT molecular complexity index is 871. The Morgan fingerprint density at radius 1 is 1.19 bits per heavy atom. The number of amides is 3. The minimum Gasteiger partial charge on any atom is -0.453 e. The zero-order valence-electron chi connectivity index (χ0n) is 22.1. The molecular formula is C27H42ClFN4O4. The first kappa shape index (κ1) is 29.5. The number of likely N-dealkylation sites (N-methyl/N-ethyl adjacent to an activating group) is 1. The van der Waals surface area contributed by atoms with Crippen LogP contribution in [0.2, 0.25) is 5.02 Å². The number of carbonyl (C=O) groups is 2. The molecule has 208 valence electrons. The summed E-state index contributed by atoms with van der Waals surface area (Å²) in [5, 5.41) is 9.08. The summed E-state index contributed by atoms with van der Waals surface area (Å²) in [6.07, 6.45) is 7.72. The molecule has 0 unspecified atom stereocenters. The van der Waals surface area contributed by atoms with E-state index in [9.17, 15) is 9.59 Å². The zero-order chi connectivity index (χ0) is 26.6. The lowest BCUT2D eigenvalue weighted by molar-refractivity contribution is -0.0106. The molecule has 2 aliphatic rings. The van der Waals surface area contributed by atoms with Gasteiger partial charge in [-0.25, -0.2) is 14.0 Å². The predicted molar refractivity (Wildman–Crippen MR) is 142 cm³/mol. The van der Waals surface area contributed by atoms with E-state index in [1.807, 2.05) is 11.9 Å². The van der Waals surface area contributed by atoms with Crippen molar-refractivity contribution in [3.63, 3.8) is 0 Å². The van der Waals surface area contributed by atoms with Gasteiger partial charge in [0, 0.05) is 43.7 Å². The molecule has 1 heterocycles. The molecule has 3 atom stereocenters. The third-order valence-corrected chi connectivity index (χ3v) is 7.73. The molecule has 3 amide bonds. The molecule has 1 aliphatic heterocycles. The summed E-state index contributed by atoms with van der Waals surface area (Å²) < 4.78 is 25.7. The van der Waals surface area contributed by atoms with E-state index >= 15 is 4.39 Å². The van der Waals surface area contributed by atoms with Gasteiger partial charge in [-0.2, -0.15) is 0 Å². The van der Waals surface area contributed by atoms with Crippen molar-refractivity contribution in [1.82, 2.24) is 20.9 Å². The lowest BCUT2D eigenvalue weighted by atomic mass is 9.85. The highest BCUT2D eigenvalue weighted by Gasteiger charge is 2.33. The van der Waals surface area contributed by atoms with Crippen LogP contribution in [0.4, 0.5) is 14.0 Å². The molecule has 2 fully saturated rings. The Balaban J connectivity index is 1.66. The van der Waals surface area contributed by atoms with Gasteiger partial charge in [-0.15, -0.1) is 0 Å². The minimum absolute atomic E-state index is 0.0295. The quantitative estimate of drug-likeness (QED) is 0.348. The van der Waals surface area contributed by atoms with Gasteiger partial charge < -0.3 is 30.3 Å². The standard InChI is InChI=1S/C27H42ClFN4O4/c1-30-17-21(16-19-8-4-3-5-9-19)32-26(34)33-14-7-10-20(18-33)25(37-15-13-31-27(35)36-2)22-11-6-12-23(28)24(22)29/h6,11-12,19-21,25,30H,3-5,7-10,13-18H2,1-2H3,(H,31,35)(H,32,34)/t20-,21+,25-/m1/s1. The number of piperidine rings is 1. The molecule has 3 rings (SSSR count). The molecule has 1 aliphatic carbocycles. The van der Waals surface area contributed by atoms with E-state index in [4.69, 9.17) is 16.3 Å². The summed E-state index contributed by atoms with van der Waals surface area (Å²) in [6, 6.07) is 4.86. The van der Waals surface area contributed by atoms with Crippen LogP contribution in [0.5, 0.6) is 0 Å². The summed E-state index contributed by atoms with van der Waals surface area (Å²) >= 11 is 6.08. The number of methoxy groups -OCH3 is 1.